The molecule has 1 unspecified atom stereocenters. The Labute approximate surface area is 163 Å². The van der Waals surface area contributed by atoms with Crippen LogP contribution in [0.5, 0.6) is 0 Å². The molecule has 2 saturated carbocycles. The Balaban J connectivity index is 1.37. The van der Waals surface area contributed by atoms with Gasteiger partial charge in [0, 0.05) is 37.0 Å². The zero-order valence-electron chi connectivity index (χ0n) is 15.9. The van der Waals surface area contributed by atoms with Gasteiger partial charge < -0.3 is 10.2 Å². The molecule has 150 valence electrons. The number of allylic oxidation sites excluding steroid dienone is 1. The molecule has 3 aliphatic rings. The van der Waals surface area contributed by atoms with Gasteiger partial charge in [0.15, 0.2) is 5.82 Å². The molecule has 7 heteroatoms. The molecule has 28 heavy (non-hydrogen) atoms. The van der Waals surface area contributed by atoms with E-state index in [-0.39, 0.29) is 23.1 Å². The third-order valence-corrected chi connectivity index (χ3v) is 6.80. The number of carbonyl (C=O) groups excluding carboxylic acids is 1. The van der Waals surface area contributed by atoms with Gasteiger partial charge in [-0.2, -0.15) is 0 Å². The van der Waals surface area contributed by atoms with E-state index in [1.54, 1.807) is 0 Å². The zero-order chi connectivity index (χ0) is 19.9. The van der Waals surface area contributed by atoms with Crippen LogP contribution in [0.3, 0.4) is 0 Å². The number of nitro benzene ring substituents is 1. The Morgan fingerprint density at radius 3 is 2.57 bits per heavy atom. The van der Waals surface area contributed by atoms with Crippen LogP contribution in [0, 0.1) is 33.2 Å². The van der Waals surface area contributed by atoms with Gasteiger partial charge in [-0.1, -0.05) is 25.3 Å². The summed E-state index contributed by atoms with van der Waals surface area (Å²) in [4.78, 5) is 25.1. The predicted octanol–water partition coefficient (Wildman–Crippen LogP) is 3.81. The van der Waals surface area contributed by atoms with E-state index >= 15 is 0 Å². The van der Waals surface area contributed by atoms with Crippen LogP contribution in [0.25, 0.3) is 0 Å². The molecular weight excluding hydrogens is 361 g/mol. The Morgan fingerprint density at radius 1 is 1.32 bits per heavy atom. The van der Waals surface area contributed by atoms with Crippen LogP contribution in [0.4, 0.5) is 15.8 Å². The maximum absolute atomic E-state index is 14.3. The Hall–Kier alpha value is -2.44. The van der Waals surface area contributed by atoms with Crippen molar-refractivity contribution >= 4 is 17.3 Å². The fraction of sp³-hybridized carbons (Fsp3) is 0.571. The van der Waals surface area contributed by atoms with E-state index in [9.17, 15) is 19.3 Å². The normalized spacial score (nSPS) is 27.8. The Morgan fingerprint density at radius 2 is 2.00 bits per heavy atom. The first-order valence-electron chi connectivity index (χ1n) is 10.1. The van der Waals surface area contributed by atoms with Crippen molar-refractivity contribution in [3.05, 3.63) is 46.8 Å². The van der Waals surface area contributed by atoms with Gasteiger partial charge in [0.25, 0.3) is 5.69 Å². The molecule has 1 aromatic rings. The summed E-state index contributed by atoms with van der Waals surface area (Å²) in [7, 11) is 0. The second kappa shape index (κ2) is 7.18. The molecule has 3 fully saturated rings. The number of hydrogen-bond acceptors (Lipinski definition) is 4. The molecule has 1 aromatic carbocycles. The second-order valence-electron chi connectivity index (χ2n) is 8.46. The van der Waals surface area contributed by atoms with Crippen LogP contribution in [-0.2, 0) is 4.79 Å². The van der Waals surface area contributed by atoms with Crippen LogP contribution in [0.2, 0.25) is 0 Å². The van der Waals surface area contributed by atoms with Gasteiger partial charge in [-0.05, 0) is 25.3 Å². The van der Waals surface area contributed by atoms with Crippen molar-refractivity contribution in [2.45, 2.75) is 44.6 Å². The third-order valence-electron chi connectivity index (χ3n) is 6.80. The van der Waals surface area contributed by atoms with E-state index in [4.69, 9.17) is 0 Å². The standard InChI is InChI=1S/C21H26FN3O3/c1-2-8-21(9-4-3-5-10-21)20(26)23-19-15-12-24(13-16(15)19)18-7-6-14(25(27)28)11-17(18)22/h2,6-7,11,15-16,19H,1,3-5,8-10,12-13H2,(H,23,26)/t15-,16+,19?. The molecule has 1 saturated heterocycles. The number of nitro groups is 1. The van der Waals surface area contributed by atoms with E-state index in [0.717, 1.165) is 38.2 Å². The maximum Gasteiger partial charge on any atom is 0.272 e. The first-order valence-corrected chi connectivity index (χ1v) is 10.1. The number of carbonyl (C=O) groups is 1. The number of amides is 1. The van der Waals surface area contributed by atoms with Crippen molar-refractivity contribution < 1.29 is 14.1 Å². The van der Waals surface area contributed by atoms with Gasteiger partial charge in [-0.25, -0.2) is 4.39 Å². The summed E-state index contributed by atoms with van der Waals surface area (Å²) in [5, 5.41) is 14.0. The molecule has 1 heterocycles. The molecule has 0 spiro atoms. The molecular formula is C21H26FN3O3. The van der Waals surface area contributed by atoms with Gasteiger partial charge in [-0.3, -0.25) is 14.9 Å². The number of non-ortho nitro benzene ring substituents is 1. The zero-order valence-corrected chi connectivity index (χ0v) is 15.9. The minimum atomic E-state index is -0.593. The molecule has 1 N–H and O–H groups in total. The number of piperidine rings is 1. The molecule has 0 radical (unpaired) electrons. The molecule has 4 rings (SSSR count). The number of nitrogens with zero attached hydrogens (tertiary/aromatic N) is 2. The summed E-state index contributed by atoms with van der Waals surface area (Å²) in [6, 6.07) is 3.95. The topological polar surface area (TPSA) is 75.5 Å². The highest BCUT2D eigenvalue weighted by molar-refractivity contribution is 5.83. The lowest BCUT2D eigenvalue weighted by Crippen LogP contribution is -2.45. The SMILES string of the molecule is C=CCC1(C(=O)NC2[C@H]3CN(c4ccc([N+](=O)[O-])cc4F)C[C@@H]23)CCCCC1. The molecule has 0 bridgehead atoms. The van der Waals surface area contributed by atoms with Crippen LogP contribution in [0.15, 0.2) is 30.9 Å². The van der Waals surface area contributed by atoms with Crippen molar-refractivity contribution in [2.75, 3.05) is 18.0 Å². The van der Waals surface area contributed by atoms with Gasteiger partial charge in [0.2, 0.25) is 5.91 Å². The monoisotopic (exact) mass is 387 g/mol. The number of rotatable bonds is 6. The molecule has 1 aliphatic heterocycles. The highest BCUT2D eigenvalue weighted by Gasteiger charge is 2.57. The highest BCUT2D eigenvalue weighted by Crippen LogP contribution is 2.48. The summed E-state index contributed by atoms with van der Waals surface area (Å²) >= 11 is 0. The number of benzene rings is 1. The highest BCUT2D eigenvalue weighted by atomic mass is 19.1. The molecule has 0 aromatic heterocycles. The summed E-state index contributed by atoms with van der Waals surface area (Å²) in [6.45, 7) is 5.17. The average molecular weight is 387 g/mol. The van der Waals surface area contributed by atoms with E-state index in [2.05, 4.69) is 11.9 Å². The Kier molecular flexibility index (Phi) is 4.85. The van der Waals surface area contributed by atoms with E-state index in [1.807, 2.05) is 11.0 Å². The average Bonchev–Trinajstić information content (AvgIpc) is 3.11. The number of anilines is 1. The largest absolute Gasteiger partial charge is 0.368 e. The summed E-state index contributed by atoms with van der Waals surface area (Å²) < 4.78 is 14.3. The Bertz CT molecular complexity index is 794. The van der Waals surface area contributed by atoms with E-state index < -0.39 is 10.7 Å². The van der Waals surface area contributed by atoms with Crippen LogP contribution >= 0.6 is 0 Å². The lowest BCUT2D eigenvalue weighted by Gasteiger charge is -2.35. The second-order valence-corrected chi connectivity index (χ2v) is 8.46. The van der Waals surface area contributed by atoms with Crippen molar-refractivity contribution in [1.82, 2.24) is 5.32 Å². The fourth-order valence-electron chi connectivity index (χ4n) is 5.14. The van der Waals surface area contributed by atoms with Gasteiger partial charge in [0.1, 0.15) is 0 Å². The van der Waals surface area contributed by atoms with E-state index in [0.29, 0.717) is 30.6 Å². The van der Waals surface area contributed by atoms with Gasteiger partial charge >= 0.3 is 0 Å². The number of nitrogens with one attached hydrogen (secondary N) is 1. The summed E-state index contributed by atoms with van der Waals surface area (Å²) in [5.74, 6) is 0.230. The summed E-state index contributed by atoms with van der Waals surface area (Å²) in [6.07, 6.45) is 7.80. The lowest BCUT2D eigenvalue weighted by molar-refractivity contribution is -0.385. The van der Waals surface area contributed by atoms with Crippen molar-refractivity contribution in [1.29, 1.82) is 0 Å². The fourth-order valence-corrected chi connectivity index (χ4v) is 5.14. The van der Waals surface area contributed by atoms with Crippen molar-refractivity contribution in [3.8, 4) is 0 Å². The smallest absolute Gasteiger partial charge is 0.272 e. The predicted molar refractivity (Wildman–Crippen MR) is 105 cm³/mol. The molecule has 2 aliphatic carbocycles. The molecule has 6 nitrogen and oxygen atoms in total. The van der Waals surface area contributed by atoms with Crippen LogP contribution < -0.4 is 10.2 Å². The van der Waals surface area contributed by atoms with Gasteiger partial charge in [0.05, 0.1) is 22.1 Å². The number of fused-ring (bicyclic) bond motifs is 1. The van der Waals surface area contributed by atoms with Crippen LogP contribution in [-0.4, -0.2) is 30.0 Å². The number of halogens is 1. The lowest BCUT2D eigenvalue weighted by atomic mass is 9.71. The summed E-state index contributed by atoms with van der Waals surface area (Å²) in [5.41, 5.74) is -0.143. The van der Waals surface area contributed by atoms with E-state index in [1.165, 1.54) is 18.6 Å². The minimum Gasteiger partial charge on any atom is -0.368 e. The molecule has 3 atom stereocenters. The molecule has 1 amide bonds. The quantitative estimate of drug-likeness (QED) is 0.457. The maximum atomic E-state index is 14.3. The van der Waals surface area contributed by atoms with Crippen LogP contribution in [0.1, 0.15) is 38.5 Å². The first-order chi connectivity index (χ1) is 13.4. The number of hydrogen-bond donors (Lipinski definition) is 1. The van der Waals surface area contributed by atoms with Crippen molar-refractivity contribution in [2.24, 2.45) is 17.3 Å². The van der Waals surface area contributed by atoms with Gasteiger partial charge in [-0.15, -0.1) is 6.58 Å². The van der Waals surface area contributed by atoms with Crippen molar-refractivity contribution in [3.63, 3.8) is 0 Å². The third kappa shape index (κ3) is 3.27. The first kappa shape index (κ1) is 18.9. The minimum absolute atomic E-state index is 0.152.